The number of aliphatic hydroxyl groups excluding tert-OH is 1. The minimum atomic E-state index is -0.485. The Morgan fingerprint density at radius 3 is 2.22 bits per heavy atom. The fourth-order valence-electron chi connectivity index (χ4n) is 3.58. The van der Waals surface area contributed by atoms with Crippen LogP contribution in [0.3, 0.4) is 0 Å². The molecule has 4 heteroatoms. The van der Waals surface area contributed by atoms with Gasteiger partial charge in [0.2, 0.25) is 0 Å². The number of hydrogen-bond donors (Lipinski definition) is 1. The zero-order chi connectivity index (χ0) is 19.3. The van der Waals surface area contributed by atoms with E-state index >= 15 is 0 Å². The van der Waals surface area contributed by atoms with E-state index in [2.05, 4.69) is 60.9 Å². The molecule has 146 valence electrons. The highest BCUT2D eigenvalue weighted by molar-refractivity contribution is 5.46. The lowest BCUT2D eigenvalue weighted by Gasteiger charge is -2.36. The van der Waals surface area contributed by atoms with Crippen molar-refractivity contribution < 1.29 is 9.84 Å². The van der Waals surface area contributed by atoms with E-state index < -0.39 is 6.10 Å². The Bertz CT molecular complexity index is 704. The molecule has 1 aliphatic heterocycles. The largest absolute Gasteiger partial charge is 0.491 e. The van der Waals surface area contributed by atoms with Gasteiger partial charge >= 0.3 is 0 Å². The van der Waals surface area contributed by atoms with Gasteiger partial charge in [-0.25, -0.2) is 0 Å². The summed E-state index contributed by atoms with van der Waals surface area (Å²) in [7, 11) is 0. The standard InChI is InChI=1S/C23H32N2O2/c1-23(2,3)21-11-7-8-12-22(21)27-18-20(26)17-24-13-15-25(16-14-24)19-9-5-4-6-10-19/h4-12,20,26H,13-18H2,1-3H3/t20-/m1/s1. The summed E-state index contributed by atoms with van der Waals surface area (Å²) in [5.74, 6) is 0.873. The Labute approximate surface area is 163 Å². The second kappa shape index (κ2) is 8.77. The van der Waals surface area contributed by atoms with Crippen LogP contribution in [0.2, 0.25) is 0 Å². The number of hydrogen-bond acceptors (Lipinski definition) is 4. The minimum Gasteiger partial charge on any atom is -0.491 e. The van der Waals surface area contributed by atoms with E-state index in [0.717, 1.165) is 31.9 Å². The number of benzene rings is 2. The van der Waals surface area contributed by atoms with Crippen molar-refractivity contribution in [1.82, 2.24) is 4.90 Å². The van der Waals surface area contributed by atoms with E-state index in [1.54, 1.807) is 0 Å². The molecule has 0 spiro atoms. The molecule has 27 heavy (non-hydrogen) atoms. The lowest BCUT2D eigenvalue weighted by atomic mass is 9.86. The molecule has 1 aliphatic rings. The number of anilines is 1. The number of ether oxygens (including phenoxy) is 1. The van der Waals surface area contributed by atoms with E-state index in [9.17, 15) is 5.11 Å². The van der Waals surface area contributed by atoms with Crippen LogP contribution in [-0.2, 0) is 5.41 Å². The van der Waals surface area contributed by atoms with Crippen LogP contribution in [0.25, 0.3) is 0 Å². The maximum atomic E-state index is 10.5. The predicted molar refractivity (Wildman–Crippen MR) is 112 cm³/mol. The average Bonchev–Trinajstić information content (AvgIpc) is 2.67. The molecule has 4 nitrogen and oxygen atoms in total. The molecule has 0 saturated carbocycles. The van der Waals surface area contributed by atoms with Gasteiger partial charge in [-0.3, -0.25) is 4.90 Å². The highest BCUT2D eigenvalue weighted by atomic mass is 16.5. The Balaban J connectivity index is 1.46. The normalized spacial score (nSPS) is 17.0. The van der Waals surface area contributed by atoms with Gasteiger partial charge in [0.1, 0.15) is 18.5 Å². The third-order valence-corrected chi connectivity index (χ3v) is 5.09. The van der Waals surface area contributed by atoms with Crippen LogP contribution in [0.15, 0.2) is 54.6 Å². The average molecular weight is 369 g/mol. The SMILES string of the molecule is CC(C)(C)c1ccccc1OC[C@H](O)CN1CCN(c2ccccc2)CC1. The minimum absolute atomic E-state index is 0.0231. The molecule has 1 N–H and O–H groups in total. The highest BCUT2D eigenvalue weighted by Gasteiger charge is 2.21. The van der Waals surface area contributed by atoms with Crippen molar-refractivity contribution in [2.45, 2.75) is 32.3 Å². The van der Waals surface area contributed by atoms with Gasteiger partial charge in [-0.1, -0.05) is 57.2 Å². The van der Waals surface area contributed by atoms with Crippen molar-refractivity contribution in [1.29, 1.82) is 0 Å². The second-order valence-electron chi connectivity index (χ2n) is 8.33. The Morgan fingerprint density at radius 2 is 1.56 bits per heavy atom. The van der Waals surface area contributed by atoms with Gasteiger partial charge in [-0.15, -0.1) is 0 Å². The molecule has 2 aromatic carbocycles. The smallest absolute Gasteiger partial charge is 0.123 e. The van der Waals surface area contributed by atoms with Crippen LogP contribution >= 0.6 is 0 Å². The first-order chi connectivity index (χ1) is 12.9. The maximum Gasteiger partial charge on any atom is 0.123 e. The fraction of sp³-hybridized carbons (Fsp3) is 0.478. The molecule has 3 rings (SSSR count). The van der Waals surface area contributed by atoms with Gasteiger partial charge in [0.25, 0.3) is 0 Å². The van der Waals surface area contributed by atoms with Crippen molar-refractivity contribution in [2.24, 2.45) is 0 Å². The first-order valence-corrected chi connectivity index (χ1v) is 9.86. The summed E-state index contributed by atoms with van der Waals surface area (Å²) in [4.78, 5) is 4.72. The summed E-state index contributed by atoms with van der Waals surface area (Å²) < 4.78 is 5.97. The number of β-amino-alcohol motifs (C(OH)–C–C–N with tert-alkyl or cyclic N) is 1. The summed E-state index contributed by atoms with van der Waals surface area (Å²) >= 11 is 0. The second-order valence-corrected chi connectivity index (χ2v) is 8.33. The predicted octanol–water partition coefficient (Wildman–Crippen LogP) is 3.55. The number of nitrogens with zero attached hydrogens (tertiary/aromatic N) is 2. The van der Waals surface area contributed by atoms with Gasteiger partial charge in [0, 0.05) is 38.4 Å². The Kier molecular flexibility index (Phi) is 6.40. The lowest BCUT2D eigenvalue weighted by Crippen LogP contribution is -2.49. The molecular formula is C23H32N2O2. The quantitative estimate of drug-likeness (QED) is 0.846. The monoisotopic (exact) mass is 368 g/mol. The number of rotatable bonds is 6. The van der Waals surface area contributed by atoms with Crippen LogP contribution in [0.4, 0.5) is 5.69 Å². The van der Waals surface area contributed by atoms with E-state index in [0.29, 0.717) is 13.2 Å². The van der Waals surface area contributed by atoms with Crippen LogP contribution < -0.4 is 9.64 Å². The number of para-hydroxylation sites is 2. The van der Waals surface area contributed by atoms with Crippen molar-refractivity contribution >= 4 is 5.69 Å². The fourth-order valence-corrected chi connectivity index (χ4v) is 3.58. The first-order valence-electron chi connectivity index (χ1n) is 9.86. The van der Waals surface area contributed by atoms with Crippen LogP contribution in [0.5, 0.6) is 5.75 Å². The van der Waals surface area contributed by atoms with E-state index in [4.69, 9.17) is 4.74 Å². The topological polar surface area (TPSA) is 35.9 Å². The summed E-state index contributed by atoms with van der Waals surface area (Å²) in [6, 6.07) is 18.6. The van der Waals surface area contributed by atoms with Crippen LogP contribution in [0.1, 0.15) is 26.3 Å². The van der Waals surface area contributed by atoms with Crippen LogP contribution in [0, 0.1) is 0 Å². The molecule has 0 aromatic heterocycles. The molecule has 0 bridgehead atoms. The van der Waals surface area contributed by atoms with Crippen molar-refractivity contribution in [3.05, 3.63) is 60.2 Å². The molecule has 2 aromatic rings. The molecule has 0 amide bonds. The van der Waals surface area contributed by atoms with Crippen molar-refractivity contribution in [2.75, 3.05) is 44.2 Å². The van der Waals surface area contributed by atoms with E-state index in [1.165, 1.54) is 11.3 Å². The molecule has 1 atom stereocenters. The molecule has 1 heterocycles. The summed E-state index contributed by atoms with van der Waals surface area (Å²) in [5, 5.41) is 10.5. The Morgan fingerprint density at radius 1 is 0.926 bits per heavy atom. The maximum absolute atomic E-state index is 10.5. The van der Waals surface area contributed by atoms with Gasteiger partial charge in [0.15, 0.2) is 0 Å². The number of aliphatic hydroxyl groups is 1. The van der Waals surface area contributed by atoms with Crippen molar-refractivity contribution in [3.8, 4) is 5.75 Å². The summed E-state index contributed by atoms with van der Waals surface area (Å²) in [6.45, 7) is 11.4. The van der Waals surface area contributed by atoms with Crippen LogP contribution in [-0.4, -0.2) is 55.4 Å². The van der Waals surface area contributed by atoms with Gasteiger partial charge in [0.05, 0.1) is 0 Å². The third-order valence-electron chi connectivity index (χ3n) is 5.09. The molecule has 0 aliphatic carbocycles. The van der Waals surface area contributed by atoms with E-state index in [-0.39, 0.29) is 5.41 Å². The van der Waals surface area contributed by atoms with Gasteiger partial charge in [-0.05, 0) is 29.2 Å². The van der Waals surface area contributed by atoms with Crippen molar-refractivity contribution in [3.63, 3.8) is 0 Å². The zero-order valence-electron chi connectivity index (χ0n) is 16.8. The molecule has 1 saturated heterocycles. The number of piperazine rings is 1. The first kappa shape index (κ1) is 19.7. The molecule has 0 unspecified atom stereocenters. The molecular weight excluding hydrogens is 336 g/mol. The molecule has 1 fully saturated rings. The Hall–Kier alpha value is -2.04. The highest BCUT2D eigenvalue weighted by Crippen LogP contribution is 2.31. The molecule has 0 radical (unpaired) electrons. The van der Waals surface area contributed by atoms with Gasteiger partial charge in [-0.2, -0.15) is 0 Å². The summed E-state index contributed by atoms with van der Waals surface area (Å²) in [5.41, 5.74) is 2.48. The summed E-state index contributed by atoms with van der Waals surface area (Å²) in [6.07, 6.45) is -0.485. The van der Waals surface area contributed by atoms with E-state index in [1.807, 2.05) is 24.3 Å². The van der Waals surface area contributed by atoms with Gasteiger partial charge < -0.3 is 14.7 Å². The third kappa shape index (κ3) is 5.47. The lowest BCUT2D eigenvalue weighted by molar-refractivity contribution is 0.0656. The zero-order valence-corrected chi connectivity index (χ0v) is 16.8.